The molecule has 0 saturated heterocycles. The van der Waals surface area contributed by atoms with Crippen molar-refractivity contribution in [3.63, 3.8) is 0 Å². The van der Waals surface area contributed by atoms with Crippen LogP contribution >= 0.6 is 0 Å². The van der Waals surface area contributed by atoms with E-state index in [1.807, 2.05) is 6.08 Å². The Hall–Kier alpha value is -1.28. The standard InChI is InChI=1S/C19H29NO/c1-4-17-14-20(3)11-5-6-18(17)9-7-16-8-10-19(21)13-15(2)12-16/h6,12-14,19,21H,4-5,7-11H2,1-3H3. The zero-order valence-corrected chi connectivity index (χ0v) is 13.7. The van der Waals surface area contributed by atoms with Crippen LogP contribution in [0.1, 0.15) is 52.4 Å². The zero-order chi connectivity index (χ0) is 15.2. The molecule has 2 heteroatoms. The Morgan fingerprint density at radius 1 is 1.29 bits per heavy atom. The van der Waals surface area contributed by atoms with E-state index in [2.05, 4.69) is 44.1 Å². The molecule has 2 aliphatic rings. The number of aliphatic hydroxyl groups excluding tert-OH is 1. The van der Waals surface area contributed by atoms with Gasteiger partial charge >= 0.3 is 0 Å². The van der Waals surface area contributed by atoms with Gasteiger partial charge < -0.3 is 10.0 Å². The van der Waals surface area contributed by atoms with E-state index in [4.69, 9.17) is 0 Å². The smallest absolute Gasteiger partial charge is 0.0729 e. The molecule has 21 heavy (non-hydrogen) atoms. The fourth-order valence-corrected chi connectivity index (χ4v) is 3.22. The fraction of sp³-hybridized carbons (Fsp3) is 0.579. The van der Waals surface area contributed by atoms with Gasteiger partial charge in [-0.1, -0.05) is 36.3 Å². The summed E-state index contributed by atoms with van der Waals surface area (Å²) in [6.07, 6.45) is 15.1. The van der Waals surface area contributed by atoms with Gasteiger partial charge in [0.15, 0.2) is 0 Å². The fourth-order valence-electron chi connectivity index (χ4n) is 3.22. The predicted molar refractivity (Wildman–Crippen MR) is 90.0 cm³/mol. The number of rotatable bonds is 4. The van der Waals surface area contributed by atoms with Gasteiger partial charge in [0.2, 0.25) is 0 Å². The summed E-state index contributed by atoms with van der Waals surface area (Å²) in [4.78, 5) is 2.30. The van der Waals surface area contributed by atoms with Crippen LogP contribution in [0, 0.1) is 0 Å². The molecule has 1 heterocycles. The molecule has 0 spiro atoms. The SMILES string of the molecule is CCC1=CN(C)CCC=C1CCC1=CC(C)=CC(O)CC1. The van der Waals surface area contributed by atoms with Crippen LogP contribution in [0.2, 0.25) is 0 Å². The first-order valence-corrected chi connectivity index (χ1v) is 8.24. The van der Waals surface area contributed by atoms with Crippen molar-refractivity contribution in [1.29, 1.82) is 0 Å². The van der Waals surface area contributed by atoms with Crippen LogP contribution in [0.4, 0.5) is 0 Å². The van der Waals surface area contributed by atoms with Crippen LogP contribution in [-0.2, 0) is 0 Å². The number of hydrogen-bond acceptors (Lipinski definition) is 2. The van der Waals surface area contributed by atoms with Crippen molar-refractivity contribution in [2.45, 2.75) is 58.5 Å². The molecule has 1 unspecified atom stereocenters. The number of aliphatic hydroxyl groups is 1. The maximum Gasteiger partial charge on any atom is 0.0729 e. The average molecular weight is 287 g/mol. The van der Waals surface area contributed by atoms with Gasteiger partial charge in [0, 0.05) is 19.8 Å². The Morgan fingerprint density at radius 2 is 2.10 bits per heavy atom. The normalized spacial score (nSPS) is 23.6. The van der Waals surface area contributed by atoms with Gasteiger partial charge in [-0.2, -0.15) is 0 Å². The third-order valence-electron chi connectivity index (χ3n) is 4.41. The number of allylic oxidation sites excluding steroid dienone is 5. The van der Waals surface area contributed by atoms with Crippen molar-refractivity contribution in [2.24, 2.45) is 0 Å². The lowest BCUT2D eigenvalue weighted by Gasteiger charge is -2.14. The maximum atomic E-state index is 9.81. The molecule has 1 aliphatic heterocycles. The zero-order valence-electron chi connectivity index (χ0n) is 13.7. The van der Waals surface area contributed by atoms with Crippen molar-refractivity contribution in [2.75, 3.05) is 13.6 Å². The van der Waals surface area contributed by atoms with Gasteiger partial charge in [0.1, 0.15) is 0 Å². The molecule has 0 aromatic carbocycles. The summed E-state index contributed by atoms with van der Waals surface area (Å²) in [7, 11) is 2.16. The average Bonchev–Trinajstić information content (AvgIpc) is 2.72. The molecule has 2 rings (SSSR count). The van der Waals surface area contributed by atoms with Crippen molar-refractivity contribution < 1.29 is 5.11 Å². The predicted octanol–water partition coefficient (Wildman–Crippen LogP) is 4.35. The van der Waals surface area contributed by atoms with Gasteiger partial charge in [-0.25, -0.2) is 0 Å². The van der Waals surface area contributed by atoms with Crippen LogP contribution < -0.4 is 0 Å². The monoisotopic (exact) mass is 287 g/mol. The van der Waals surface area contributed by atoms with Crippen LogP contribution in [0.25, 0.3) is 0 Å². The minimum Gasteiger partial charge on any atom is -0.389 e. The molecular formula is C19H29NO. The minimum atomic E-state index is -0.268. The topological polar surface area (TPSA) is 23.5 Å². The van der Waals surface area contributed by atoms with Crippen LogP contribution in [0.3, 0.4) is 0 Å². The Bertz CT molecular complexity index is 482. The summed E-state index contributed by atoms with van der Waals surface area (Å²) in [5, 5.41) is 9.81. The summed E-state index contributed by atoms with van der Waals surface area (Å²) in [5.74, 6) is 0. The van der Waals surface area contributed by atoms with Gasteiger partial charge in [-0.15, -0.1) is 0 Å². The highest BCUT2D eigenvalue weighted by molar-refractivity contribution is 5.33. The highest BCUT2D eigenvalue weighted by Crippen LogP contribution is 2.28. The molecule has 1 aliphatic carbocycles. The van der Waals surface area contributed by atoms with Crippen molar-refractivity contribution in [1.82, 2.24) is 4.90 Å². The Morgan fingerprint density at radius 3 is 2.86 bits per heavy atom. The van der Waals surface area contributed by atoms with E-state index in [-0.39, 0.29) is 6.10 Å². The summed E-state index contributed by atoms with van der Waals surface area (Å²) in [6, 6.07) is 0. The van der Waals surface area contributed by atoms with E-state index in [1.54, 1.807) is 0 Å². The minimum absolute atomic E-state index is 0.268. The lowest BCUT2D eigenvalue weighted by Crippen LogP contribution is -2.10. The summed E-state index contributed by atoms with van der Waals surface area (Å²) < 4.78 is 0. The molecule has 0 bridgehead atoms. The molecule has 0 fully saturated rings. The second kappa shape index (κ2) is 7.65. The first-order chi connectivity index (χ1) is 10.1. The third-order valence-corrected chi connectivity index (χ3v) is 4.41. The molecule has 0 aromatic rings. The Labute approximate surface area is 129 Å². The van der Waals surface area contributed by atoms with E-state index < -0.39 is 0 Å². The molecule has 1 atom stereocenters. The highest BCUT2D eigenvalue weighted by atomic mass is 16.3. The van der Waals surface area contributed by atoms with Crippen LogP contribution in [-0.4, -0.2) is 29.7 Å². The van der Waals surface area contributed by atoms with Crippen LogP contribution in [0.5, 0.6) is 0 Å². The second-order valence-electron chi connectivity index (χ2n) is 6.33. The lowest BCUT2D eigenvalue weighted by molar-refractivity contribution is 0.213. The molecule has 2 nitrogen and oxygen atoms in total. The van der Waals surface area contributed by atoms with Gasteiger partial charge in [0.25, 0.3) is 0 Å². The molecule has 0 aromatic heterocycles. The Kier molecular flexibility index (Phi) is 5.86. The Balaban J connectivity index is 2.00. The second-order valence-corrected chi connectivity index (χ2v) is 6.33. The first-order valence-electron chi connectivity index (χ1n) is 8.24. The summed E-state index contributed by atoms with van der Waals surface area (Å²) >= 11 is 0. The van der Waals surface area contributed by atoms with Crippen LogP contribution in [0.15, 0.2) is 46.7 Å². The van der Waals surface area contributed by atoms with E-state index in [9.17, 15) is 5.11 Å². The summed E-state index contributed by atoms with van der Waals surface area (Å²) in [5.41, 5.74) is 5.69. The number of hydrogen-bond donors (Lipinski definition) is 1. The number of nitrogens with zero attached hydrogens (tertiary/aromatic N) is 1. The van der Waals surface area contributed by atoms with Gasteiger partial charge in [-0.3, -0.25) is 0 Å². The van der Waals surface area contributed by atoms with Gasteiger partial charge in [-0.05, 0) is 56.6 Å². The molecule has 0 radical (unpaired) electrons. The third kappa shape index (κ3) is 4.89. The molecule has 1 N–H and O–H groups in total. The van der Waals surface area contributed by atoms with E-state index in [0.29, 0.717) is 0 Å². The largest absolute Gasteiger partial charge is 0.389 e. The van der Waals surface area contributed by atoms with Crippen molar-refractivity contribution in [3.05, 3.63) is 46.7 Å². The van der Waals surface area contributed by atoms with Crippen molar-refractivity contribution in [3.8, 4) is 0 Å². The summed E-state index contributed by atoms with van der Waals surface area (Å²) in [6.45, 7) is 5.45. The molecule has 0 saturated carbocycles. The quantitative estimate of drug-likeness (QED) is 0.831. The van der Waals surface area contributed by atoms with E-state index >= 15 is 0 Å². The molecular weight excluding hydrogens is 258 g/mol. The van der Waals surface area contributed by atoms with Crippen molar-refractivity contribution >= 4 is 0 Å². The van der Waals surface area contributed by atoms with Gasteiger partial charge in [0.05, 0.1) is 6.10 Å². The highest BCUT2D eigenvalue weighted by Gasteiger charge is 2.12. The molecule has 0 amide bonds. The first kappa shape index (κ1) is 16.1. The lowest BCUT2D eigenvalue weighted by atomic mass is 9.94. The maximum absolute atomic E-state index is 9.81. The van der Waals surface area contributed by atoms with E-state index in [1.165, 1.54) is 22.3 Å². The molecule has 116 valence electrons. The van der Waals surface area contributed by atoms with E-state index in [0.717, 1.165) is 45.1 Å².